The fraction of sp³-hybridized carbons (Fsp3) is 0.333. The van der Waals surface area contributed by atoms with E-state index in [-0.39, 0.29) is 23.1 Å². The number of aromatic nitrogens is 1. The highest BCUT2D eigenvalue weighted by Crippen LogP contribution is 2.49. The average molecular weight is 296 g/mol. The number of carbonyl (C=O) groups excluding carboxylic acids is 1. The van der Waals surface area contributed by atoms with Gasteiger partial charge in [-0.25, -0.2) is 0 Å². The van der Waals surface area contributed by atoms with Crippen molar-refractivity contribution in [2.45, 2.75) is 32.2 Å². The van der Waals surface area contributed by atoms with Crippen molar-refractivity contribution in [2.24, 2.45) is 5.92 Å². The van der Waals surface area contributed by atoms with E-state index in [4.69, 9.17) is 0 Å². The van der Waals surface area contributed by atoms with Crippen LogP contribution in [0.25, 0.3) is 0 Å². The number of amides is 1. The zero-order chi connectivity index (χ0) is 15.7. The second-order valence-corrected chi connectivity index (χ2v) is 6.06. The van der Waals surface area contributed by atoms with E-state index in [1.165, 1.54) is 5.56 Å². The molecule has 1 amide bonds. The number of H-pyrrole nitrogens is 1. The molecule has 22 heavy (non-hydrogen) atoms. The summed E-state index contributed by atoms with van der Waals surface area (Å²) in [6.07, 6.45) is 1.08. The number of aryl methyl sites for hydroxylation is 1. The average Bonchev–Trinajstić information content (AvgIpc) is 3.28. The van der Waals surface area contributed by atoms with Gasteiger partial charge in [-0.05, 0) is 49.8 Å². The van der Waals surface area contributed by atoms with Gasteiger partial charge in [0.15, 0.2) is 0 Å². The topological polar surface area (TPSA) is 62.0 Å². The molecule has 0 bridgehead atoms. The van der Waals surface area contributed by atoms with Gasteiger partial charge in [0.25, 0.3) is 11.5 Å². The smallest absolute Gasteiger partial charge is 0.260 e. The zero-order valence-corrected chi connectivity index (χ0v) is 12.8. The molecule has 0 spiro atoms. The minimum absolute atomic E-state index is 0.0541. The summed E-state index contributed by atoms with van der Waals surface area (Å²) in [5, 5.41) is 2.96. The molecule has 2 N–H and O–H groups in total. The van der Waals surface area contributed by atoms with E-state index < -0.39 is 0 Å². The van der Waals surface area contributed by atoms with Crippen LogP contribution < -0.4 is 10.9 Å². The summed E-state index contributed by atoms with van der Waals surface area (Å²) in [6, 6.07) is 13.7. The van der Waals surface area contributed by atoms with Crippen LogP contribution in [0.2, 0.25) is 0 Å². The van der Waals surface area contributed by atoms with Gasteiger partial charge >= 0.3 is 0 Å². The fourth-order valence-electron chi connectivity index (χ4n) is 2.99. The normalized spacial score (nSPS) is 21.2. The Hall–Kier alpha value is -2.36. The zero-order valence-electron chi connectivity index (χ0n) is 12.8. The monoisotopic (exact) mass is 296 g/mol. The maximum absolute atomic E-state index is 12.2. The van der Waals surface area contributed by atoms with Crippen molar-refractivity contribution >= 4 is 5.91 Å². The van der Waals surface area contributed by atoms with E-state index in [2.05, 4.69) is 22.4 Å². The summed E-state index contributed by atoms with van der Waals surface area (Å²) in [5.74, 6) is 0.649. The first-order valence-electron chi connectivity index (χ1n) is 7.62. The predicted octanol–water partition coefficient (Wildman–Crippen LogP) is 2.61. The lowest BCUT2D eigenvalue weighted by atomic mass is 10.1. The van der Waals surface area contributed by atoms with Crippen LogP contribution in [-0.4, -0.2) is 16.9 Å². The Morgan fingerprint density at radius 1 is 1.23 bits per heavy atom. The highest BCUT2D eigenvalue weighted by atomic mass is 16.2. The summed E-state index contributed by atoms with van der Waals surface area (Å²) in [4.78, 5) is 26.7. The van der Waals surface area contributed by atoms with Gasteiger partial charge < -0.3 is 10.3 Å². The summed E-state index contributed by atoms with van der Waals surface area (Å²) in [5.41, 5.74) is 1.91. The molecule has 0 unspecified atom stereocenters. The third-order valence-corrected chi connectivity index (χ3v) is 4.37. The molecule has 4 heteroatoms. The number of aromatic amines is 1. The van der Waals surface area contributed by atoms with Crippen LogP contribution in [0.5, 0.6) is 0 Å². The third-order valence-electron chi connectivity index (χ3n) is 4.37. The number of nitrogens with one attached hydrogen (secondary N) is 2. The highest BCUT2D eigenvalue weighted by Gasteiger charge is 2.42. The maximum atomic E-state index is 12.2. The van der Waals surface area contributed by atoms with Gasteiger partial charge in [-0.2, -0.15) is 0 Å². The standard InChI is InChI=1S/C18H20N2O2/c1-11-8-9-14(17(21)19-11)18(22)20-12(2)15-10-16(15)13-6-4-3-5-7-13/h3-9,12,15-16H,10H2,1-2H3,(H,19,21)(H,20,22)/t12-,15-,16+/m1/s1. The second kappa shape index (κ2) is 5.79. The number of rotatable bonds is 4. The predicted molar refractivity (Wildman–Crippen MR) is 86.0 cm³/mol. The Morgan fingerprint density at radius 2 is 1.95 bits per heavy atom. The van der Waals surface area contributed by atoms with Crippen molar-refractivity contribution in [1.29, 1.82) is 0 Å². The van der Waals surface area contributed by atoms with Gasteiger partial charge in [0.05, 0.1) is 0 Å². The summed E-state index contributed by atoms with van der Waals surface area (Å²) >= 11 is 0. The molecule has 0 radical (unpaired) electrons. The molecular weight excluding hydrogens is 276 g/mol. The van der Waals surface area contributed by atoms with E-state index >= 15 is 0 Å². The minimum atomic E-state index is -0.333. The van der Waals surface area contributed by atoms with Crippen LogP contribution in [0.15, 0.2) is 47.3 Å². The SMILES string of the molecule is Cc1ccc(C(=O)N[C@H](C)[C@H]2C[C@H]2c2ccccc2)c(=O)[nH]1. The maximum Gasteiger partial charge on any atom is 0.260 e. The fourth-order valence-corrected chi connectivity index (χ4v) is 2.99. The van der Waals surface area contributed by atoms with Crippen molar-refractivity contribution in [3.63, 3.8) is 0 Å². The molecule has 0 aliphatic heterocycles. The Kier molecular flexibility index (Phi) is 3.84. The van der Waals surface area contributed by atoms with Crippen LogP contribution >= 0.6 is 0 Å². The van der Waals surface area contributed by atoms with Gasteiger partial charge in [0.2, 0.25) is 0 Å². The molecule has 114 valence electrons. The molecule has 1 heterocycles. The van der Waals surface area contributed by atoms with Gasteiger partial charge in [-0.1, -0.05) is 30.3 Å². The van der Waals surface area contributed by atoms with Crippen molar-refractivity contribution in [3.05, 3.63) is 69.6 Å². The van der Waals surface area contributed by atoms with Crippen molar-refractivity contribution in [1.82, 2.24) is 10.3 Å². The van der Waals surface area contributed by atoms with Gasteiger partial charge in [-0.15, -0.1) is 0 Å². The molecule has 1 aliphatic carbocycles. The molecule has 1 saturated carbocycles. The molecule has 1 aliphatic rings. The lowest BCUT2D eigenvalue weighted by molar-refractivity contribution is 0.0934. The number of pyridine rings is 1. The molecule has 0 saturated heterocycles. The molecule has 4 nitrogen and oxygen atoms in total. The lowest BCUT2D eigenvalue weighted by Crippen LogP contribution is -2.37. The molecule has 2 aromatic rings. The Labute approximate surface area is 129 Å². The van der Waals surface area contributed by atoms with Crippen molar-refractivity contribution in [3.8, 4) is 0 Å². The highest BCUT2D eigenvalue weighted by molar-refractivity contribution is 5.94. The first-order valence-corrected chi connectivity index (χ1v) is 7.62. The van der Waals surface area contributed by atoms with Crippen LogP contribution in [0.3, 0.4) is 0 Å². The second-order valence-electron chi connectivity index (χ2n) is 6.06. The Bertz CT molecular complexity index is 736. The molecule has 1 fully saturated rings. The van der Waals surface area contributed by atoms with Gasteiger partial charge in [0.1, 0.15) is 5.56 Å². The molecule has 1 aromatic carbocycles. The van der Waals surface area contributed by atoms with Crippen LogP contribution in [0, 0.1) is 12.8 Å². The van der Waals surface area contributed by atoms with Crippen molar-refractivity contribution < 1.29 is 4.79 Å². The van der Waals surface area contributed by atoms with Crippen LogP contribution in [0.1, 0.15) is 40.9 Å². The van der Waals surface area contributed by atoms with Gasteiger partial charge in [-0.3, -0.25) is 9.59 Å². The Balaban J connectivity index is 1.64. The van der Waals surface area contributed by atoms with E-state index in [1.54, 1.807) is 19.1 Å². The first-order chi connectivity index (χ1) is 10.6. The van der Waals surface area contributed by atoms with E-state index in [1.807, 2.05) is 25.1 Å². The molecular formula is C18H20N2O2. The summed E-state index contributed by atoms with van der Waals surface area (Å²) in [6.45, 7) is 3.80. The largest absolute Gasteiger partial charge is 0.349 e. The molecule has 3 rings (SSSR count). The van der Waals surface area contributed by atoms with Crippen LogP contribution in [0.4, 0.5) is 0 Å². The number of carbonyl (C=O) groups is 1. The summed E-state index contributed by atoms with van der Waals surface area (Å²) in [7, 11) is 0. The third kappa shape index (κ3) is 2.96. The van der Waals surface area contributed by atoms with E-state index in [9.17, 15) is 9.59 Å². The molecule has 1 aromatic heterocycles. The van der Waals surface area contributed by atoms with Crippen molar-refractivity contribution in [2.75, 3.05) is 0 Å². The quantitative estimate of drug-likeness (QED) is 0.911. The molecule has 3 atom stereocenters. The van der Waals surface area contributed by atoms with E-state index in [0.717, 1.165) is 12.1 Å². The van der Waals surface area contributed by atoms with Gasteiger partial charge in [0, 0.05) is 11.7 Å². The summed E-state index contributed by atoms with van der Waals surface area (Å²) < 4.78 is 0. The minimum Gasteiger partial charge on any atom is -0.349 e. The number of hydrogen-bond acceptors (Lipinski definition) is 2. The van der Waals surface area contributed by atoms with E-state index in [0.29, 0.717) is 11.8 Å². The Morgan fingerprint density at radius 3 is 2.64 bits per heavy atom. The lowest BCUT2D eigenvalue weighted by Gasteiger charge is -2.14. The van der Waals surface area contributed by atoms with Crippen LogP contribution in [-0.2, 0) is 0 Å². The number of benzene rings is 1. The first kappa shape index (κ1) is 14.6. The number of hydrogen-bond donors (Lipinski definition) is 2.